The molecule has 0 aromatic heterocycles. The molecule has 12 heteroatoms. The summed E-state index contributed by atoms with van der Waals surface area (Å²) in [6, 6.07) is -1.52. The second kappa shape index (κ2) is 29.4. The van der Waals surface area contributed by atoms with Gasteiger partial charge in [-0.05, 0) is 44.9 Å². The van der Waals surface area contributed by atoms with Gasteiger partial charge in [-0.15, -0.1) is 0 Å². The Morgan fingerprint density at radius 2 is 1.18 bits per heavy atom. The van der Waals surface area contributed by atoms with Crippen LogP contribution >= 0.6 is 7.82 Å². The number of aliphatic carboxylic acids is 1. The van der Waals surface area contributed by atoms with E-state index in [0.29, 0.717) is 12.8 Å². The SMILES string of the molecule is CCCCC/C=C\C/C=C\CCCCCCCCCC(=O)OC(COC(=O)CCCCCC)COP(=O)(O)OCC(N)C(=O)O. The number of phosphoric acid groups is 1. The fourth-order valence-electron chi connectivity index (χ4n) is 4.21. The first-order valence-electron chi connectivity index (χ1n) is 16.9. The number of carbonyl (C=O) groups excluding carboxylic acids is 2. The maximum Gasteiger partial charge on any atom is 0.472 e. The number of allylic oxidation sites excluding steroid dienone is 4. The van der Waals surface area contributed by atoms with Crippen LogP contribution in [-0.4, -0.2) is 59.9 Å². The largest absolute Gasteiger partial charge is 0.480 e. The first kappa shape index (κ1) is 43.0. The molecule has 0 fully saturated rings. The Labute approximate surface area is 270 Å². The van der Waals surface area contributed by atoms with Crippen molar-refractivity contribution < 1.29 is 47.5 Å². The van der Waals surface area contributed by atoms with Crippen molar-refractivity contribution in [2.24, 2.45) is 5.73 Å². The van der Waals surface area contributed by atoms with Crippen molar-refractivity contribution in [3.05, 3.63) is 24.3 Å². The number of unbranched alkanes of at least 4 members (excludes halogenated alkanes) is 13. The van der Waals surface area contributed by atoms with Crippen molar-refractivity contribution >= 4 is 25.7 Å². The molecular weight excluding hydrogens is 601 g/mol. The van der Waals surface area contributed by atoms with E-state index in [2.05, 4.69) is 42.7 Å². The molecular formula is C33H60NO10P. The summed E-state index contributed by atoms with van der Waals surface area (Å²) < 4.78 is 32.2. The number of carboxylic acids is 1. The molecule has 0 saturated carbocycles. The first-order chi connectivity index (χ1) is 21.6. The summed E-state index contributed by atoms with van der Waals surface area (Å²) in [5.74, 6) is -2.41. The predicted molar refractivity (Wildman–Crippen MR) is 176 cm³/mol. The second-order valence-electron chi connectivity index (χ2n) is 11.3. The lowest BCUT2D eigenvalue weighted by molar-refractivity contribution is -0.161. The molecule has 3 atom stereocenters. The van der Waals surface area contributed by atoms with Crippen molar-refractivity contribution in [3.63, 3.8) is 0 Å². The van der Waals surface area contributed by atoms with Crippen molar-refractivity contribution in [3.8, 4) is 0 Å². The normalized spacial score (nSPS) is 14.4. The van der Waals surface area contributed by atoms with Crippen LogP contribution in [0, 0.1) is 0 Å². The predicted octanol–water partition coefficient (Wildman–Crippen LogP) is 7.55. The van der Waals surface area contributed by atoms with Crippen molar-refractivity contribution in [1.82, 2.24) is 0 Å². The van der Waals surface area contributed by atoms with Crippen molar-refractivity contribution in [2.45, 2.75) is 148 Å². The van der Waals surface area contributed by atoms with Gasteiger partial charge >= 0.3 is 25.7 Å². The molecule has 11 nitrogen and oxygen atoms in total. The van der Waals surface area contributed by atoms with E-state index in [1.165, 1.54) is 38.5 Å². The molecule has 0 aromatic carbocycles. The quantitative estimate of drug-likeness (QED) is 0.0290. The van der Waals surface area contributed by atoms with Gasteiger partial charge in [0.15, 0.2) is 6.10 Å². The summed E-state index contributed by atoms with van der Waals surface area (Å²) in [5, 5.41) is 8.80. The molecule has 0 aliphatic rings. The highest BCUT2D eigenvalue weighted by atomic mass is 31.2. The smallest absolute Gasteiger partial charge is 0.472 e. The van der Waals surface area contributed by atoms with E-state index in [4.69, 9.17) is 24.8 Å². The van der Waals surface area contributed by atoms with Gasteiger partial charge in [0, 0.05) is 12.8 Å². The van der Waals surface area contributed by atoms with E-state index in [9.17, 15) is 23.8 Å². The Kier molecular flexibility index (Phi) is 28.0. The van der Waals surface area contributed by atoms with Crippen LogP contribution in [0.25, 0.3) is 0 Å². The lowest BCUT2D eigenvalue weighted by atomic mass is 10.1. The van der Waals surface area contributed by atoms with Crippen LogP contribution in [0.1, 0.15) is 136 Å². The van der Waals surface area contributed by atoms with E-state index in [0.717, 1.165) is 57.8 Å². The van der Waals surface area contributed by atoms with E-state index in [1.807, 2.05) is 0 Å². The number of hydrogen-bond donors (Lipinski definition) is 3. The molecule has 0 radical (unpaired) electrons. The number of phosphoric ester groups is 1. The van der Waals surface area contributed by atoms with Gasteiger partial charge in [-0.25, -0.2) is 4.57 Å². The Morgan fingerprint density at radius 1 is 0.689 bits per heavy atom. The summed E-state index contributed by atoms with van der Waals surface area (Å²) in [5.41, 5.74) is 5.28. The topological polar surface area (TPSA) is 172 Å². The summed E-state index contributed by atoms with van der Waals surface area (Å²) in [6.07, 6.45) is 26.1. The minimum atomic E-state index is -4.69. The average molecular weight is 662 g/mol. The molecule has 0 bridgehead atoms. The summed E-state index contributed by atoms with van der Waals surface area (Å²) in [6.45, 7) is 2.59. The molecule has 4 N–H and O–H groups in total. The van der Waals surface area contributed by atoms with Gasteiger partial charge in [-0.2, -0.15) is 0 Å². The Hall–Kier alpha value is -2.04. The summed E-state index contributed by atoms with van der Waals surface area (Å²) in [7, 11) is -4.69. The van der Waals surface area contributed by atoms with E-state index in [-0.39, 0.29) is 19.4 Å². The van der Waals surface area contributed by atoms with E-state index < -0.39 is 51.1 Å². The fourth-order valence-corrected chi connectivity index (χ4v) is 4.99. The van der Waals surface area contributed by atoms with Crippen LogP contribution in [-0.2, 0) is 37.5 Å². The third-order valence-electron chi connectivity index (χ3n) is 6.95. The first-order valence-corrected chi connectivity index (χ1v) is 18.4. The molecule has 0 rings (SSSR count). The van der Waals surface area contributed by atoms with E-state index >= 15 is 0 Å². The highest BCUT2D eigenvalue weighted by Gasteiger charge is 2.28. The lowest BCUT2D eigenvalue weighted by Crippen LogP contribution is -2.34. The number of hydrogen-bond acceptors (Lipinski definition) is 9. The Morgan fingerprint density at radius 3 is 1.78 bits per heavy atom. The highest BCUT2D eigenvalue weighted by molar-refractivity contribution is 7.47. The lowest BCUT2D eigenvalue weighted by Gasteiger charge is -2.20. The van der Waals surface area contributed by atoms with Crippen LogP contribution in [0.2, 0.25) is 0 Å². The zero-order valence-corrected chi connectivity index (χ0v) is 28.6. The summed E-state index contributed by atoms with van der Waals surface area (Å²) >= 11 is 0. The second-order valence-corrected chi connectivity index (χ2v) is 12.8. The number of carboxylic acid groups (broad SMARTS) is 1. The van der Waals surface area contributed by atoms with Gasteiger partial charge < -0.3 is 25.2 Å². The third-order valence-corrected chi connectivity index (χ3v) is 7.90. The van der Waals surface area contributed by atoms with Gasteiger partial charge in [-0.3, -0.25) is 23.4 Å². The maximum atomic E-state index is 12.4. The minimum absolute atomic E-state index is 0.153. The molecule has 0 aromatic rings. The van der Waals surface area contributed by atoms with Crippen LogP contribution in [0.15, 0.2) is 24.3 Å². The highest BCUT2D eigenvalue weighted by Crippen LogP contribution is 2.43. The van der Waals surface area contributed by atoms with Gasteiger partial charge in [-0.1, -0.05) is 102 Å². The number of carbonyl (C=O) groups is 3. The van der Waals surface area contributed by atoms with Gasteiger partial charge in [0.1, 0.15) is 12.6 Å². The minimum Gasteiger partial charge on any atom is -0.480 e. The molecule has 0 amide bonds. The fraction of sp³-hybridized carbons (Fsp3) is 0.788. The van der Waals surface area contributed by atoms with Crippen LogP contribution in [0.5, 0.6) is 0 Å². The third kappa shape index (κ3) is 29.1. The molecule has 3 unspecified atom stereocenters. The molecule has 45 heavy (non-hydrogen) atoms. The average Bonchev–Trinajstić information content (AvgIpc) is 3.01. The maximum absolute atomic E-state index is 12.4. The standard InChI is InChI=1S/C33H60NO10P/c1-3-5-7-9-10-11-12-13-14-15-16-17-18-19-20-21-23-25-32(36)44-29(26-41-31(35)24-22-8-6-4-2)27-42-45(39,40)43-28-30(34)33(37)38/h10-11,13-14,29-30H,3-9,12,15-28,34H2,1-2H3,(H,37,38)(H,39,40)/b11-10-,14-13-. The zero-order valence-electron chi connectivity index (χ0n) is 27.7. The number of rotatable bonds is 31. The Bertz CT molecular complexity index is 880. The van der Waals surface area contributed by atoms with Crippen molar-refractivity contribution in [2.75, 3.05) is 19.8 Å². The number of ether oxygens (including phenoxy) is 2. The van der Waals surface area contributed by atoms with Gasteiger partial charge in [0.2, 0.25) is 0 Å². The Balaban J connectivity index is 4.33. The molecule has 0 spiro atoms. The number of nitrogens with two attached hydrogens (primary N) is 1. The van der Waals surface area contributed by atoms with E-state index in [1.54, 1.807) is 0 Å². The van der Waals surface area contributed by atoms with Gasteiger partial charge in [0.25, 0.3) is 0 Å². The molecule has 0 heterocycles. The molecule has 0 saturated heterocycles. The van der Waals surface area contributed by atoms with Crippen LogP contribution < -0.4 is 5.73 Å². The molecule has 262 valence electrons. The molecule has 0 aliphatic carbocycles. The van der Waals surface area contributed by atoms with Crippen LogP contribution in [0.4, 0.5) is 0 Å². The van der Waals surface area contributed by atoms with Crippen molar-refractivity contribution in [1.29, 1.82) is 0 Å². The van der Waals surface area contributed by atoms with Gasteiger partial charge in [0.05, 0.1) is 13.2 Å². The summed E-state index contributed by atoms with van der Waals surface area (Å²) in [4.78, 5) is 45.2. The zero-order chi connectivity index (χ0) is 33.6. The number of esters is 2. The van der Waals surface area contributed by atoms with Crippen LogP contribution in [0.3, 0.4) is 0 Å². The monoisotopic (exact) mass is 661 g/mol. The molecule has 0 aliphatic heterocycles.